The van der Waals surface area contributed by atoms with Gasteiger partial charge in [-0.05, 0) is 25.8 Å². The van der Waals surface area contributed by atoms with E-state index in [9.17, 15) is 0 Å². The first-order valence-corrected chi connectivity index (χ1v) is 8.63. The summed E-state index contributed by atoms with van der Waals surface area (Å²) in [5, 5.41) is 2.20. The Morgan fingerprint density at radius 2 is 2.11 bits per heavy atom. The van der Waals surface area contributed by atoms with E-state index in [2.05, 4.69) is 30.1 Å². The van der Waals surface area contributed by atoms with Crippen LogP contribution in [0.5, 0.6) is 0 Å². The van der Waals surface area contributed by atoms with Crippen molar-refractivity contribution in [3.05, 3.63) is 5.82 Å². The van der Waals surface area contributed by atoms with Crippen LogP contribution in [0.4, 0.5) is 5.13 Å². The summed E-state index contributed by atoms with van der Waals surface area (Å²) in [7, 11) is 0. The molecular weight excluding hydrogens is 312 g/mol. The lowest BCUT2D eigenvalue weighted by Crippen LogP contribution is -2.31. The maximum Gasteiger partial charge on any atom is 0.205 e. The molecular formula is C12H19BrN4S. The van der Waals surface area contributed by atoms with E-state index in [4.69, 9.17) is 4.98 Å². The SMILES string of the molecule is BrCCN1CCCN(c2nc(C3CC3)ns2)CC1. The van der Waals surface area contributed by atoms with Gasteiger partial charge in [-0.3, -0.25) is 0 Å². The van der Waals surface area contributed by atoms with Crippen LogP contribution < -0.4 is 4.90 Å². The van der Waals surface area contributed by atoms with Gasteiger partial charge >= 0.3 is 0 Å². The van der Waals surface area contributed by atoms with Crippen molar-refractivity contribution in [2.24, 2.45) is 0 Å². The number of alkyl halides is 1. The van der Waals surface area contributed by atoms with Gasteiger partial charge < -0.3 is 9.80 Å². The summed E-state index contributed by atoms with van der Waals surface area (Å²) in [5.74, 6) is 1.77. The molecule has 18 heavy (non-hydrogen) atoms. The second-order valence-electron chi connectivity index (χ2n) is 5.08. The summed E-state index contributed by atoms with van der Waals surface area (Å²) in [4.78, 5) is 9.65. The summed E-state index contributed by atoms with van der Waals surface area (Å²) in [5.41, 5.74) is 0. The van der Waals surface area contributed by atoms with Crippen LogP contribution in [0.2, 0.25) is 0 Å². The van der Waals surface area contributed by atoms with Crippen molar-refractivity contribution in [3.63, 3.8) is 0 Å². The first kappa shape index (κ1) is 12.8. The molecule has 1 saturated heterocycles. The normalized spacial score (nSPS) is 22.2. The number of hydrogen-bond acceptors (Lipinski definition) is 5. The van der Waals surface area contributed by atoms with E-state index in [1.807, 2.05) is 0 Å². The summed E-state index contributed by atoms with van der Waals surface area (Å²) < 4.78 is 4.51. The van der Waals surface area contributed by atoms with Crippen molar-refractivity contribution in [1.82, 2.24) is 14.3 Å². The van der Waals surface area contributed by atoms with Crippen molar-refractivity contribution in [3.8, 4) is 0 Å². The Balaban J connectivity index is 1.61. The van der Waals surface area contributed by atoms with Crippen LogP contribution in [0.15, 0.2) is 0 Å². The Bertz CT molecular complexity index is 393. The average molecular weight is 331 g/mol. The number of rotatable bonds is 4. The van der Waals surface area contributed by atoms with Gasteiger partial charge in [-0.1, -0.05) is 15.9 Å². The molecule has 2 heterocycles. The van der Waals surface area contributed by atoms with Gasteiger partial charge in [-0.15, -0.1) is 0 Å². The summed E-state index contributed by atoms with van der Waals surface area (Å²) in [6.07, 6.45) is 3.80. The average Bonchev–Trinajstić information content (AvgIpc) is 3.15. The monoisotopic (exact) mass is 330 g/mol. The Morgan fingerprint density at radius 1 is 1.22 bits per heavy atom. The van der Waals surface area contributed by atoms with Gasteiger partial charge in [0, 0.05) is 49.0 Å². The molecule has 2 fully saturated rings. The maximum atomic E-state index is 4.71. The maximum absolute atomic E-state index is 4.71. The fourth-order valence-corrected chi connectivity index (χ4v) is 3.67. The minimum Gasteiger partial charge on any atom is -0.346 e. The zero-order valence-corrected chi connectivity index (χ0v) is 12.9. The predicted molar refractivity (Wildman–Crippen MR) is 78.9 cm³/mol. The Kier molecular flexibility index (Phi) is 4.16. The predicted octanol–water partition coefficient (Wildman–Crippen LogP) is 2.32. The standard InChI is InChI=1S/C12H19BrN4S/c13-4-7-16-5-1-6-17(9-8-16)12-14-11(15-18-12)10-2-3-10/h10H,1-9H2. The third-order valence-electron chi connectivity index (χ3n) is 3.63. The van der Waals surface area contributed by atoms with Crippen molar-refractivity contribution >= 4 is 32.6 Å². The van der Waals surface area contributed by atoms with Gasteiger partial charge in [0.05, 0.1) is 0 Å². The van der Waals surface area contributed by atoms with E-state index >= 15 is 0 Å². The highest BCUT2D eigenvalue weighted by Gasteiger charge is 2.28. The van der Waals surface area contributed by atoms with Crippen molar-refractivity contribution in [2.45, 2.75) is 25.2 Å². The molecule has 6 heteroatoms. The van der Waals surface area contributed by atoms with Crippen LogP contribution in [0.3, 0.4) is 0 Å². The summed E-state index contributed by atoms with van der Waals surface area (Å²) in [6.45, 7) is 5.71. The number of hydrogen-bond donors (Lipinski definition) is 0. The molecule has 0 radical (unpaired) electrons. The van der Waals surface area contributed by atoms with Gasteiger partial charge in [-0.25, -0.2) is 4.98 Å². The summed E-state index contributed by atoms with van der Waals surface area (Å²) >= 11 is 5.11. The minimum absolute atomic E-state index is 0.673. The lowest BCUT2D eigenvalue weighted by Gasteiger charge is -2.20. The number of halogens is 1. The fraction of sp³-hybridized carbons (Fsp3) is 0.833. The van der Waals surface area contributed by atoms with Crippen LogP contribution in [0.1, 0.15) is 31.0 Å². The molecule has 1 aliphatic carbocycles. The molecule has 0 bridgehead atoms. The first-order chi connectivity index (χ1) is 8.86. The van der Waals surface area contributed by atoms with Crippen LogP contribution in [-0.2, 0) is 0 Å². The topological polar surface area (TPSA) is 32.3 Å². The van der Waals surface area contributed by atoms with Crippen molar-refractivity contribution < 1.29 is 0 Å². The largest absolute Gasteiger partial charge is 0.346 e. The molecule has 0 amide bonds. The van der Waals surface area contributed by atoms with E-state index in [0.29, 0.717) is 5.92 Å². The highest BCUT2D eigenvalue weighted by Crippen LogP contribution is 2.39. The molecule has 4 nitrogen and oxygen atoms in total. The first-order valence-electron chi connectivity index (χ1n) is 6.73. The summed E-state index contributed by atoms with van der Waals surface area (Å²) in [6, 6.07) is 0. The Hall–Kier alpha value is -0.200. The Labute approximate surface area is 121 Å². The molecule has 0 spiro atoms. The zero-order valence-electron chi connectivity index (χ0n) is 10.5. The van der Waals surface area contributed by atoms with Crippen molar-refractivity contribution in [2.75, 3.05) is 43.0 Å². The van der Waals surface area contributed by atoms with E-state index in [0.717, 1.165) is 42.5 Å². The molecule has 0 N–H and O–H groups in total. The molecule has 1 aromatic rings. The minimum atomic E-state index is 0.673. The number of nitrogens with zero attached hydrogens (tertiary/aromatic N) is 4. The van der Waals surface area contributed by atoms with Gasteiger partial charge in [0.2, 0.25) is 5.13 Å². The Morgan fingerprint density at radius 3 is 2.89 bits per heavy atom. The second kappa shape index (κ2) is 5.84. The van der Waals surface area contributed by atoms with E-state index in [-0.39, 0.29) is 0 Å². The van der Waals surface area contributed by atoms with E-state index in [1.54, 1.807) is 11.5 Å². The smallest absolute Gasteiger partial charge is 0.205 e. The molecule has 0 atom stereocenters. The van der Waals surface area contributed by atoms with Gasteiger partial charge in [0.25, 0.3) is 0 Å². The van der Waals surface area contributed by atoms with E-state index < -0.39 is 0 Å². The molecule has 3 rings (SSSR count). The van der Waals surface area contributed by atoms with Crippen LogP contribution >= 0.6 is 27.5 Å². The molecule has 1 aliphatic heterocycles. The van der Waals surface area contributed by atoms with Crippen LogP contribution in [0, 0.1) is 0 Å². The van der Waals surface area contributed by atoms with Crippen molar-refractivity contribution in [1.29, 1.82) is 0 Å². The second-order valence-corrected chi connectivity index (χ2v) is 6.60. The molecule has 2 aliphatic rings. The highest BCUT2D eigenvalue weighted by molar-refractivity contribution is 9.09. The number of anilines is 1. The van der Waals surface area contributed by atoms with Gasteiger partial charge in [-0.2, -0.15) is 4.37 Å². The zero-order chi connectivity index (χ0) is 12.4. The molecule has 0 aromatic carbocycles. The fourth-order valence-electron chi connectivity index (χ4n) is 2.37. The highest BCUT2D eigenvalue weighted by atomic mass is 79.9. The molecule has 100 valence electrons. The van der Waals surface area contributed by atoms with Gasteiger partial charge in [0.15, 0.2) is 0 Å². The molecule has 1 saturated carbocycles. The third-order valence-corrected chi connectivity index (χ3v) is 4.78. The quantitative estimate of drug-likeness (QED) is 0.793. The lowest BCUT2D eigenvalue weighted by atomic mass is 10.4. The van der Waals surface area contributed by atoms with E-state index in [1.165, 1.54) is 25.8 Å². The van der Waals surface area contributed by atoms with Crippen LogP contribution in [0.25, 0.3) is 0 Å². The molecule has 0 unspecified atom stereocenters. The van der Waals surface area contributed by atoms with Crippen LogP contribution in [-0.4, -0.2) is 52.3 Å². The third kappa shape index (κ3) is 3.03. The van der Waals surface area contributed by atoms with Gasteiger partial charge in [0.1, 0.15) is 5.82 Å². The molecule has 1 aromatic heterocycles. The lowest BCUT2D eigenvalue weighted by molar-refractivity contribution is 0.313. The number of aromatic nitrogens is 2.